The Hall–Kier alpha value is -2.49. The molecule has 1 amide bonds. The predicted molar refractivity (Wildman–Crippen MR) is 81.4 cm³/mol. The Bertz CT molecular complexity index is 584. The molecule has 2 rings (SSSR count). The zero-order chi connectivity index (χ0) is 15.1. The first kappa shape index (κ1) is 14.9. The normalized spacial score (nSPS) is 11.5. The van der Waals surface area contributed by atoms with E-state index in [2.05, 4.69) is 5.32 Å². The number of amides is 1. The molecular weight excluding hydrogens is 266 g/mol. The third kappa shape index (κ3) is 4.53. The van der Waals surface area contributed by atoms with Gasteiger partial charge in [-0.05, 0) is 24.6 Å². The fourth-order valence-corrected chi connectivity index (χ4v) is 1.86. The van der Waals surface area contributed by atoms with Crippen LogP contribution < -0.4 is 14.8 Å². The molecule has 1 unspecified atom stereocenters. The minimum absolute atomic E-state index is 0.151. The van der Waals surface area contributed by atoms with E-state index < -0.39 is 6.10 Å². The molecule has 0 radical (unpaired) electrons. The van der Waals surface area contributed by atoms with Crippen molar-refractivity contribution >= 4 is 5.91 Å². The molecule has 0 saturated heterocycles. The molecule has 4 nitrogen and oxygen atoms in total. The summed E-state index contributed by atoms with van der Waals surface area (Å²) in [6.45, 7) is 2.21. The first-order valence-electron chi connectivity index (χ1n) is 6.81. The van der Waals surface area contributed by atoms with Gasteiger partial charge in [-0.15, -0.1) is 0 Å². The molecule has 0 saturated carbocycles. The zero-order valence-electron chi connectivity index (χ0n) is 12.2. The van der Waals surface area contributed by atoms with Gasteiger partial charge in [0, 0.05) is 12.6 Å². The SMILES string of the molecule is COc1cccc(OC(C)C(=O)NCc2ccccc2)c1. The lowest BCUT2D eigenvalue weighted by atomic mass is 10.2. The Kier molecular flexibility index (Phi) is 5.21. The lowest BCUT2D eigenvalue weighted by Gasteiger charge is -2.15. The number of ether oxygens (including phenoxy) is 2. The quantitative estimate of drug-likeness (QED) is 0.887. The molecule has 0 aliphatic carbocycles. The van der Waals surface area contributed by atoms with Crippen LogP contribution in [0, 0.1) is 0 Å². The third-order valence-corrected chi connectivity index (χ3v) is 3.03. The lowest BCUT2D eigenvalue weighted by molar-refractivity contribution is -0.127. The lowest BCUT2D eigenvalue weighted by Crippen LogP contribution is -2.35. The summed E-state index contributed by atoms with van der Waals surface area (Å²) in [6, 6.07) is 17.0. The van der Waals surface area contributed by atoms with E-state index in [0.29, 0.717) is 18.0 Å². The van der Waals surface area contributed by atoms with Crippen LogP contribution in [0.1, 0.15) is 12.5 Å². The predicted octanol–water partition coefficient (Wildman–Crippen LogP) is 2.78. The first-order chi connectivity index (χ1) is 10.2. The number of rotatable bonds is 6. The molecule has 2 aromatic carbocycles. The monoisotopic (exact) mass is 285 g/mol. The minimum atomic E-state index is -0.569. The standard InChI is InChI=1S/C17H19NO3/c1-13(21-16-10-6-9-15(11-16)20-2)17(19)18-12-14-7-4-3-5-8-14/h3-11,13H,12H2,1-2H3,(H,18,19). The fourth-order valence-electron chi connectivity index (χ4n) is 1.86. The van der Waals surface area contributed by atoms with E-state index in [1.807, 2.05) is 42.5 Å². The molecule has 2 aromatic rings. The van der Waals surface area contributed by atoms with E-state index >= 15 is 0 Å². The number of carbonyl (C=O) groups excluding carboxylic acids is 1. The van der Waals surface area contributed by atoms with Crippen LogP contribution >= 0.6 is 0 Å². The third-order valence-electron chi connectivity index (χ3n) is 3.03. The van der Waals surface area contributed by atoms with E-state index in [1.54, 1.807) is 26.2 Å². The Morgan fingerprint density at radius 3 is 2.52 bits per heavy atom. The summed E-state index contributed by atoms with van der Waals surface area (Å²) in [6.07, 6.45) is -0.569. The van der Waals surface area contributed by atoms with E-state index in [0.717, 1.165) is 5.56 Å². The highest BCUT2D eigenvalue weighted by Crippen LogP contribution is 2.19. The van der Waals surface area contributed by atoms with Crippen molar-refractivity contribution in [3.8, 4) is 11.5 Å². The second kappa shape index (κ2) is 7.33. The van der Waals surface area contributed by atoms with Gasteiger partial charge in [-0.1, -0.05) is 36.4 Å². The summed E-state index contributed by atoms with van der Waals surface area (Å²) in [5, 5.41) is 2.85. The molecule has 0 aliphatic rings. The summed E-state index contributed by atoms with van der Waals surface area (Å²) in [5.41, 5.74) is 1.06. The highest BCUT2D eigenvalue weighted by atomic mass is 16.5. The van der Waals surface area contributed by atoms with Gasteiger partial charge in [0.15, 0.2) is 6.10 Å². The van der Waals surface area contributed by atoms with Crippen LogP contribution in [0.4, 0.5) is 0 Å². The molecule has 0 bridgehead atoms. The molecule has 0 fully saturated rings. The van der Waals surface area contributed by atoms with Crippen LogP contribution in [-0.2, 0) is 11.3 Å². The second-order valence-electron chi connectivity index (χ2n) is 4.64. The van der Waals surface area contributed by atoms with Crippen LogP contribution in [0.3, 0.4) is 0 Å². The van der Waals surface area contributed by atoms with E-state index in [-0.39, 0.29) is 5.91 Å². The number of benzene rings is 2. The number of nitrogens with one attached hydrogen (secondary N) is 1. The summed E-state index contributed by atoms with van der Waals surface area (Å²) >= 11 is 0. The molecule has 110 valence electrons. The summed E-state index contributed by atoms with van der Waals surface area (Å²) in [4.78, 5) is 12.0. The van der Waals surface area contributed by atoms with Gasteiger partial charge in [0.2, 0.25) is 0 Å². The topological polar surface area (TPSA) is 47.6 Å². The van der Waals surface area contributed by atoms with Gasteiger partial charge in [0.25, 0.3) is 5.91 Å². The van der Waals surface area contributed by atoms with Crippen molar-refractivity contribution in [2.45, 2.75) is 19.6 Å². The van der Waals surface area contributed by atoms with E-state index in [1.165, 1.54) is 0 Å². The molecule has 0 aromatic heterocycles. The number of carbonyl (C=O) groups is 1. The fraction of sp³-hybridized carbons (Fsp3) is 0.235. The number of hydrogen-bond donors (Lipinski definition) is 1. The molecule has 21 heavy (non-hydrogen) atoms. The maximum Gasteiger partial charge on any atom is 0.261 e. The minimum Gasteiger partial charge on any atom is -0.497 e. The summed E-state index contributed by atoms with van der Waals surface area (Å²) in [5.74, 6) is 1.16. The molecule has 1 N–H and O–H groups in total. The van der Waals surface area contributed by atoms with Crippen LogP contribution in [0.25, 0.3) is 0 Å². The van der Waals surface area contributed by atoms with Crippen LogP contribution in [-0.4, -0.2) is 19.1 Å². The number of methoxy groups -OCH3 is 1. The Labute approximate surface area is 124 Å². The molecule has 1 atom stereocenters. The van der Waals surface area contributed by atoms with Gasteiger partial charge in [-0.3, -0.25) is 4.79 Å². The largest absolute Gasteiger partial charge is 0.497 e. The zero-order valence-corrected chi connectivity index (χ0v) is 12.2. The highest BCUT2D eigenvalue weighted by molar-refractivity contribution is 5.80. The van der Waals surface area contributed by atoms with Crippen LogP contribution in [0.2, 0.25) is 0 Å². The smallest absolute Gasteiger partial charge is 0.261 e. The van der Waals surface area contributed by atoms with Crippen molar-refractivity contribution in [2.75, 3.05) is 7.11 Å². The van der Waals surface area contributed by atoms with Gasteiger partial charge < -0.3 is 14.8 Å². The summed E-state index contributed by atoms with van der Waals surface area (Å²) in [7, 11) is 1.59. The van der Waals surface area contributed by atoms with Crippen molar-refractivity contribution in [1.29, 1.82) is 0 Å². The maximum atomic E-state index is 12.0. The van der Waals surface area contributed by atoms with Crippen molar-refractivity contribution in [1.82, 2.24) is 5.32 Å². The highest BCUT2D eigenvalue weighted by Gasteiger charge is 2.14. The average molecular weight is 285 g/mol. The molecular formula is C17H19NO3. The molecule has 4 heteroatoms. The van der Waals surface area contributed by atoms with Crippen molar-refractivity contribution in [2.24, 2.45) is 0 Å². The molecule has 0 spiro atoms. The number of hydrogen-bond acceptors (Lipinski definition) is 3. The van der Waals surface area contributed by atoms with Crippen molar-refractivity contribution < 1.29 is 14.3 Å². The Balaban J connectivity index is 1.87. The molecule has 0 aliphatic heterocycles. The average Bonchev–Trinajstić information content (AvgIpc) is 2.53. The van der Waals surface area contributed by atoms with Gasteiger partial charge in [0.1, 0.15) is 11.5 Å². The van der Waals surface area contributed by atoms with Gasteiger partial charge in [0.05, 0.1) is 7.11 Å². The Morgan fingerprint density at radius 1 is 1.10 bits per heavy atom. The second-order valence-corrected chi connectivity index (χ2v) is 4.64. The van der Waals surface area contributed by atoms with E-state index in [4.69, 9.17) is 9.47 Å². The molecule has 0 heterocycles. The van der Waals surface area contributed by atoms with Gasteiger partial charge in [-0.25, -0.2) is 0 Å². The van der Waals surface area contributed by atoms with E-state index in [9.17, 15) is 4.79 Å². The van der Waals surface area contributed by atoms with Crippen molar-refractivity contribution in [3.05, 3.63) is 60.2 Å². The van der Waals surface area contributed by atoms with Gasteiger partial charge >= 0.3 is 0 Å². The Morgan fingerprint density at radius 2 is 1.81 bits per heavy atom. The summed E-state index contributed by atoms with van der Waals surface area (Å²) < 4.78 is 10.7. The van der Waals surface area contributed by atoms with Gasteiger partial charge in [-0.2, -0.15) is 0 Å². The van der Waals surface area contributed by atoms with Crippen LogP contribution in [0.5, 0.6) is 11.5 Å². The van der Waals surface area contributed by atoms with Crippen LogP contribution in [0.15, 0.2) is 54.6 Å². The van der Waals surface area contributed by atoms with Crippen molar-refractivity contribution in [3.63, 3.8) is 0 Å². The first-order valence-corrected chi connectivity index (χ1v) is 6.81. The maximum absolute atomic E-state index is 12.0.